The van der Waals surface area contributed by atoms with E-state index >= 15 is 0 Å². The van der Waals surface area contributed by atoms with Crippen molar-refractivity contribution in [2.75, 3.05) is 26.7 Å². The predicted octanol–water partition coefficient (Wildman–Crippen LogP) is 0.747. The van der Waals surface area contributed by atoms with Crippen LogP contribution in [0.1, 0.15) is 13.8 Å². The minimum atomic E-state index is 0.489. The second kappa shape index (κ2) is 6.16. The van der Waals surface area contributed by atoms with Crippen LogP contribution in [0.25, 0.3) is 0 Å². The van der Waals surface area contributed by atoms with Crippen molar-refractivity contribution in [1.82, 2.24) is 4.90 Å². The normalized spacial score (nSPS) is 10.6. The van der Waals surface area contributed by atoms with Crippen LogP contribution in [0.15, 0.2) is 0 Å². The van der Waals surface area contributed by atoms with Crippen LogP contribution in [-0.4, -0.2) is 38.1 Å². The van der Waals surface area contributed by atoms with Gasteiger partial charge in [0.25, 0.3) is 6.47 Å². The van der Waals surface area contributed by atoms with Crippen LogP contribution in [0.3, 0.4) is 0 Å². The lowest BCUT2D eigenvalue weighted by Gasteiger charge is -2.17. The Kier molecular flexibility index (Phi) is 5.84. The molecule has 0 aromatic rings. The van der Waals surface area contributed by atoms with E-state index in [4.69, 9.17) is 0 Å². The Morgan fingerprint density at radius 1 is 1.55 bits per heavy atom. The Balaban J connectivity index is 3.21. The number of hydrogen-bond acceptors (Lipinski definition) is 3. The van der Waals surface area contributed by atoms with Crippen molar-refractivity contribution >= 4 is 6.47 Å². The first-order valence-corrected chi connectivity index (χ1v) is 3.90. The molecule has 0 aliphatic rings. The van der Waals surface area contributed by atoms with Gasteiger partial charge >= 0.3 is 0 Å². The molecule has 0 atom stereocenters. The van der Waals surface area contributed by atoms with Gasteiger partial charge in [0.1, 0.15) is 6.61 Å². The SMILES string of the molecule is CC(C)CN(C)CCOC=O. The number of rotatable bonds is 6. The van der Waals surface area contributed by atoms with Crippen LogP contribution in [0.5, 0.6) is 0 Å². The Labute approximate surface area is 68.3 Å². The summed E-state index contributed by atoms with van der Waals surface area (Å²) in [4.78, 5) is 11.9. The van der Waals surface area contributed by atoms with Crippen molar-refractivity contribution in [3.05, 3.63) is 0 Å². The third-order valence-corrected chi connectivity index (χ3v) is 1.34. The lowest BCUT2D eigenvalue weighted by Crippen LogP contribution is -2.26. The zero-order chi connectivity index (χ0) is 8.69. The molecule has 0 radical (unpaired) electrons. The number of carbonyl (C=O) groups excluding carboxylic acids is 1. The van der Waals surface area contributed by atoms with E-state index in [0.717, 1.165) is 13.1 Å². The minimum Gasteiger partial charge on any atom is -0.467 e. The molecule has 0 N–H and O–H groups in total. The average molecular weight is 159 g/mol. The minimum absolute atomic E-state index is 0.489. The van der Waals surface area contributed by atoms with Gasteiger partial charge in [-0.2, -0.15) is 0 Å². The molecule has 0 spiro atoms. The summed E-state index contributed by atoms with van der Waals surface area (Å²) >= 11 is 0. The van der Waals surface area contributed by atoms with Crippen molar-refractivity contribution in [1.29, 1.82) is 0 Å². The maximum atomic E-state index is 9.77. The molecule has 0 aliphatic heterocycles. The Bertz CT molecular complexity index is 104. The smallest absolute Gasteiger partial charge is 0.293 e. The number of ether oxygens (including phenoxy) is 1. The number of carbonyl (C=O) groups is 1. The second-order valence-electron chi connectivity index (χ2n) is 3.12. The largest absolute Gasteiger partial charge is 0.467 e. The summed E-state index contributed by atoms with van der Waals surface area (Å²) in [6, 6.07) is 0. The third-order valence-electron chi connectivity index (χ3n) is 1.34. The first-order valence-electron chi connectivity index (χ1n) is 3.90. The van der Waals surface area contributed by atoms with Gasteiger partial charge in [0, 0.05) is 13.1 Å². The van der Waals surface area contributed by atoms with Gasteiger partial charge in [0.2, 0.25) is 0 Å². The molecule has 0 saturated carbocycles. The molecule has 0 fully saturated rings. The maximum absolute atomic E-state index is 9.77. The standard InChI is InChI=1S/C8H17NO2/c1-8(2)6-9(3)4-5-11-7-10/h7-8H,4-6H2,1-3H3. The molecule has 3 nitrogen and oxygen atoms in total. The average Bonchev–Trinajstić information content (AvgIpc) is 1.86. The van der Waals surface area contributed by atoms with Crippen LogP contribution in [0.4, 0.5) is 0 Å². The Morgan fingerprint density at radius 2 is 2.18 bits per heavy atom. The molecule has 66 valence electrons. The highest BCUT2D eigenvalue weighted by molar-refractivity contribution is 5.36. The Morgan fingerprint density at radius 3 is 2.64 bits per heavy atom. The molecule has 0 rings (SSSR count). The fourth-order valence-electron chi connectivity index (χ4n) is 0.971. The number of hydrogen-bond donors (Lipinski definition) is 0. The number of nitrogens with zero attached hydrogens (tertiary/aromatic N) is 1. The number of likely N-dealkylation sites (N-methyl/N-ethyl adjacent to an activating group) is 1. The fourth-order valence-corrected chi connectivity index (χ4v) is 0.971. The third kappa shape index (κ3) is 7.33. The van der Waals surface area contributed by atoms with Gasteiger partial charge in [-0.05, 0) is 13.0 Å². The lowest BCUT2D eigenvalue weighted by molar-refractivity contribution is -0.129. The fraction of sp³-hybridized carbons (Fsp3) is 0.875. The quantitative estimate of drug-likeness (QED) is 0.423. The molecule has 0 aliphatic carbocycles. The van der Waals surface area contributed by atoms with Crippen molar-refractivity contribution in [2.45, 2.75) is 13.8 Å². The van der Waals surface area contributed by atoms with Crippen molar-refractivity contribution in [3.63, 3.8) is 0 Å². The topological polar surface area (TPSA) is 29.5 Å². The van der Waals surface area contributed by atoms with Crippen molar-refractivity contribution < 1.29 is 9.53 Å². The van der Waals surface area contributed by atoms with Crippen LogP contribution >= 0.6 is 0 Å². The van der Waals surface area contributed by atoms with Gasteiger partial charge in [-0.1, -0.05) is 13.8 Å². The Hall–Kier alpha value is -0.570. The maximum Gasteiger partial charge on any atom is 0.293 e. The molecule has 0 amide bonds. The summed E-state index contributed by atoms with van der Waals surface area (Å²) in [5.41, 5.74) is 0. The summed E-state index contributed by atoms with van der Waals surface area (Å²) in [7, 11) is 2.02. The monoisotopic (exact) mass is 159 g/mol. The van der Waals surface area contributed by atoms with Crippen molar-refractivity contribution in [2.24, 2.45) is 5.92 Å². The summed E-state index contributed by atoms with van der Waals surface area (Å²) in [6.45, 7) is 7.17. The van der Waals surface area contributed by atoms with E-state index in [-0.39, 0.29) is 0 Å². The van der Waals surface area contributed by atoms with E-state index in [1.54, 1.807) is 0 Å². The van der Waals surface area contributed by atoms with E-state index in [9.17, 15) is 4.79 Å². The van der Waals surface area contributed by atoms with E-state index in [1.165, 1.54) is 0 Å². The summed E-state index contributed by atoms with van der Waals surface area (Å²) < 4.78 is 4.56. The summed E-state index contributed by atoms with van der Waals surface area (Å²) in [5.74, 6) is 0.663. The van der Waals surface area contributed by atoms with E-state index in [2.05, 4.69) is 23.5 Å². The zero-order valence-electron chi connectivity index (χ0n) is 7.54. The molecular formula is C8H17NO2. The van der Waals surface area contributed by atoms with E-state index in [1.807, 2.05) is 7.05 Å². The van der Waals surface area contributed by atoms with Crippen LogP contribution < -0.4 is 0 Å². The highest BCUT2D eigenvalue weighted by Gasteiger charge is 2.00. The lowest BCUT2D eigenvalue weighted by atomic mass is 10.2. The molecule has 11 heavy (non-hydrogen) atoms. The van der Waals surface area contributed by atoms with Crippen LogP contribution in [0.2, 0.25) is 0 Å². The van der Waals surface area contributed by atoms with Gasteiger partial charge in [0.15, 0.2) is 0 Å². The molecular weight excluding hydrogens is 142 g/mol. The highest BCUT2D eigenvalue weighted by atomic mass is 16.5. The summed E-state index contributed by atoms with van der Waals surface area (Å²) in [6.07, 6.45) is 0. The molecule has 0 heterocycles. The van der Waals surface area contributed by atoms with Crippen molar-refractivity contribution in [3.8, 4) is 0 Å². The molecule has 0 aromatic heterocycles. The second-order valence-corrected chi connectivity index (χ2v) is 3.12. The molecule has 0 aromatic carbocycles. The molecule has 0 unspecified atom stereocenters. The first kappa shape index (κ1) is 10.4. The van der Waals surface area contributed by atoms with Gasteiger partial charge in [0.05, 0.1) is 0 Å². The van der Waals surface area contributed by atoms with Crippen LogP contribution in [0, 0.1) is 5.92 Å². The van der Waals surface area contributed by atoms with Crippen LogP contribution in [-0.2, 0) is 9.53 Å². The highest BCUT2D eigenvalue weighted by Crippen LogP contribution is 1.94. The van der Waals surface area contributed by atoms with E-state index < -0.39 is 0 Å². The molecule has 0 saturated heterocycles. The van der Waals surface area contributed by atoms with Gasteiger partial charge < -0.3 is 9.64 Å². The first-order chi connectivity index (χ1) is 5.16. The summed E-state index contributed by atoms with van der Waals surface area (Å²) in [5, 5.41) is 0. The van der Waals surface area contributed by atoms with Gasteiger partial charge in [-0.15, -0.1) is 0 Å². The van der Waals surface area contributed by atoms with Gasteiger partial charge in [-0.25, -0.2) is 0 Å². The predicted molar refractivity (Wildman–Crippen MR) is 44.4 cm³/mol. The molecule has 3 heteroatoms. The van der Waals surface area contributed by atoms with Gasteiger partial charge in [-0.3, -0.25) is 4.79 Å². The zero-order valence-corrected chi connectivity index (χ0v) is 7.54. The molecule has 0 bridgehead atoms. The van der Waals surface area contributed by atoms with E-state index in [0.29, 0.717) is 19.0 Å².